The van der Waals surface area contributed by atoms with Gasteiger partial charge in [-0.15, -0.1) is 17.7 Å². The van der Waals surface area contributed by atoms with Crippen molar-refractivity contribution in [2.45, 2.75) is 77.2 Å². The minimum atomic E-state index is -1.86. The van der Waals surface area contributed by atoms with Crippen LogP contribution in [-0.2, 0) is 38.5 Å². The number of fused-ring (bicyclic) bond motifs is 4. The topological polar surface area (TPSA) is 56.7 Å². The Morgan fingerprint density at radius 3 is 2.27 bits per heavy atom. The van der Waals surface area contributed by atoms with E-state index < -0.39 is 13.3 Å². The molecule has 0 fully saturated rings. The fraction of sp³-hybridized carbons (Fsp3) is 0.271. The summed E-state index contributed by atoms with van der Waals surface area (Å²) in [6, 6.07) is 42.2. The number of aryl methyl sites for hydroxylation is 1. The minimum absolute atomic E-state index is 0. The van der Waals surface area contributed by atoms with Gasteiger partial charge in [-0.25, -0.2) is 4.98 Å². The molecule has 0 amide bonds. The number of hydrogen-bond donors (Lipinski definition) is 0. The normalized spacial score (nSPS) is 11.9. The van der Waals surface area contributed by atoms with Crippen LogP contribution in [0.1, 0.15) is 57.0 Å². The SMILES string of the molecule is CC(C)Cc1cc(-c2[c-]cccc2)nc[c]1[Ge]([CH3])([CH3])[CH3].Cc1c[c-]c(-c2nc3ccccc3n2Cc2ccccc2)c2oc3nc(C(C)(C)C)ccc3c12.[Ir]. The molecule has 8 aromatic rings. The zero-order valence-electron chi connectivity index (χ0n) is 33.4. The molecule has 0 saturated carbocycles. The summed E-state index contributed by atoms with van der Waals surface area (Å²) in [7, 11) is 0. The molecule has 283 valence electrons. The van der Waals surface area contributed by atoms with Gasteiger partial charge in [-0.3, -0.25) is 4.98 Å². The van der Waals surface area contributed by atoms with Crippen LogP contribution in [0.3, 0.4) is 0 Å². The fourth-order valence-corrected chi connectivity index (χ4v) is 10.5. The predicted molar refractivity (Wildman–Crippen MR) is 228 cm³/mol. The average Bonchev–Trinajstić information content (AvgIpc) is 3.71. The molecule has 4 heterocycles. The van der Waals surface area contributed by atoms with E-state index in [-0.39, 0.29) is 25.5 Å². The van der Waals surface area contributed by atoms with Crippen LogP contribution < -0.4 is 4.40 Å². The van der Waals surface area contributed by atoms with E-state index in [1.807, 2.05) is 36.4 Å². The Bertz CT molecular complexity index is 2560. The van der Waals surface area contributed by atoms with Crippen LogP contribution in [0, 0.1) is 25.0 Å². The van der Waals surface area contributed by atoms with Crippen molar-refractivity contribution in [3.63, 3.8) is 0 Å². The summed E-state index contributed by atoms with van der Waals surface area (Å²) in [5.74, 6) is 8.85. The Labute approximate surface area is 342 Å². The number of para-hydroxylation sites is 2. The van der Waals surface area contributed by atoms with Crippen LogP contribution in [0.25, 0.3) is 55.7 Å². The van der Waals surface area contributed by atoms with Crippen molar-refractivity contribution >= 4 is 50.8 Å². The molecule has 0 atom stereocenters. The molecule has 0 aliphatic heterocycles. The van der Waals surface area contributed by atoms with Crippen molar-refractivity contribution in [2.24, 2.45) is 5.92 Å². The third-order valence-electron chi connectivity index (χ3n) is 9.85. The van der Waals surface area contributed by atoms with E-state index in [9.17, 15) is 0 Å². The Kier molecular flexibility index (Phi) is 12.0. The number of rotatable bonds is 7. The zero-order chi connectivity index (χ0) is 38.2. The molecule has 1 radical (unpaired) electrons. The minimum Gasteiger partial charge on any atom is -0.486 e. The van der Waals surface area contributed by atoms with Crippen molar-refractivity contribution in [3.05, 3.63) is 144 Å². The van der Waals surface area contributed by atoms with Gasteiger partial charge in [0.2, 0.25) is 5.71 Å². The van der Waals surface area contributed by atoms with Gasteiger partial charge in [0.15, 0.2) is 0 Å². The molecule has 8 rings (SSSR count). The standard InChI is InChI=1S/C30H26N3O.C18H24GeN.Ir/c1-19-14-15-22(27-26(19)21-16-17-25(30(2,3)4)32-29(21)34-27)28-31-23-12-8-9-13-24(23)33(28)18-20-10-6-5-7-11-20;1-14(2)11-16-12-18(15-9-7-6-8-10-15)20-13-17(16)19(3,4)5;/h5-14,16-17H,18H2,1-4H3;6-9,12-14H,11H2,1-5H3;/q2*-1;. The largest absolute Gasteiger partial charge is 0.486 e. The summed E-state index contributed by atoms with van der Waals surface area (Å²) >= 11 is -1.86. The smallest absolute Gasteiger partial charge is 0.216 e. The number of pyridine rings is 2. The molecule has 0 aliphatic carbocycles. The monoisotopic (exact) mass is 965 g/mol. The van der Waals surface area contributed by atoms with Gasteiger partial charge in [0.05, 0.1) is 22.4 Å². The van der Waals surface area contributed by atoms with Crippen LogP contribution in [-0.4, -0.2) is 32.8 Å². The predicted octanol–water partition coefficient (Wildman–Crippen LogP) is 11.7. The van der Waals surface area contributed by atoms with E-state index in [2.05, 4.69) is 148 Å². The molecule has 0 aliphatic rings. The second-order valence-electron chi connectivity index (χ2n) is 16.8. The van der Waals surface area contributed by atoms with Gasteiger partial charge in [0.1, 0.15) is 0 Å². The molecule has 4 aromatic heterocycles. The first kappa shape index (κ1) is 40.3. The first-order valence-electron chi connectivity index (χ1n) is 19.0. The van der Waals surface area contributed by atoms with Crippen molar-refractivity contribution in [3.8, 4) is 22.6 Å². The maximum atomic E-state index is 6.46. The van der Waals surface area contributed by atoms with Gasteiger partial charge >= 0.3 is 126 Å². The number of imidazole rings is 1. The number of hydrogen-bond acceptors (Lipinski definition) is 4. The van der Waals surface area contributed by atoms with E-state index in [4.69, 9.17) is 19.4 Å². The van der Waals surface area contributed by atoms with Crippen molar-refractivity contribution in [2.75, 3.05) is 0 Å². The molecule has 5 nitrogen and oxygen atoms in total. The quantitative estimate of drug-likeness (QED) is 0.118. The maximum absolute atomic E-state index is 6.46. The van der Waals surface area contributed by atoms with Gasteiger partial charge in [-0.1, -0.05) is 81.1 Å². The Morgan fingerprint density at radius 1 is 0.855 bits per heavy atom. The van der Waals surface area contributed by atoms with Gasteiger partial charge in [0, 0.05) is 43.1 Å². The summed E-state index contributed by atoms with van der Waals surface area (Å²) in [5.41, 5.74) is 11.3. The number of aromatic nitrogens is 4. The van der Waals surface area contributed by atoms with Crippen LogP contribution in [0.2, 0.25) is 17.3 Å². The molecule has 4 aromatic carbocycles. The number of benzene rings is 4. The van der Waals surface area contributed by atoms with E-state index in [0.29, 0.717) is 18.2 Å². The van der Waals surface area contributed by atoms with Gasteiger partial charge in [0.25, 0.3) is 0 Å². The molecule has 0 unspecified atom stereocenters. The summed E-state index contributed by atoms with van der Waals surface area (Å²) in [4.78, 5) is 14.6. The van der Waals surface area contributed by atoms with Crippen molar-refractivity contribution < 1.29 is 24.5 Å². The maximum Gasteiger partial charge on any atom is 0.216 e. The molecule has 0 saturated heterocycles. The second-order valence-corrected chi connectivity index (χ2v) is 27.4. The summed E-state index contributed by atoms with van der Waals surface area (Å²) in [6.45, 7) is 13.9. The van der Waals surface area contributed by atoms with Crippen molar-refractivity contribution in [1.82, 2.24) is 19.5 Å². The Balaban J connectivity index is 0.000000211. The third-order valence-corrected chi connectivity index (χ3v) is 14.2. The van der Waals surface area contributed by atoms with Crippen LogP contribution >= 0.6 is 0 Å². The summed E-state index contributed by atoms with van der Waals surface area (Å²) in [6.07, 6.45) is 3.27. The van der Waals surface area contributed by atoms with Crippen LogP contribution in [0.4, 0.5) is 0 Å². The third kappa shape index (κ3) is 8.72. The molecule has 0 N–H and O–H groups in total. The van der Waals surface area contributed by atoms with Crippen LogP contribution in [0.15, 0.2) is 114 Å². The average molecular weight is 964 g/mol. The molecule has 0 bridgehead atoms. The Morgan fingerprint density at radius 2 is 1.58 bits per heavy atom. The zero-order valence-corrected chi connectivity index (χ0v) is 37.9. The van der Waals surface area contributed by atoms with E-state index in [1.165, 1.54) is 11.1 Å². The van der Waals surface area contributed by atoms with Gasteiger partial charge < -0.3 is 8.98 Å². The first-order chi connectivity index (χ1) is 25.8. The van der Waals surface area contributed by atoms with Crippen molar-refractivity contribution in [1.29, 1.82) is 0 Å². The van der Waals surface area contributed by atoms with E-state index in [0.717, 1.165) is 67.7 Å². The molecular formula is C48H50GeIrN4O-2. The van der Waals surface area contributed by atoms with Gasteiger partial charge in [-0.05, 0) is 29.8 Å². The second kappa shape index (κ2) is 16.4. The summed E-state index contributed by atoms with van der Waals surface area (Å²) < 4.78 is 10.3. The molecule has 0 spiro atoms. The van der Waals surface area contributed by atoms with Gasteiger partial charge in [-0.2, -0.15) is 0 Å². The molecule has 7 heteroatoms. The van der Waals surface area contributed by atoms with E-state index in [1.54, 1.807) is 4.40 Å². The van der Waals surface area contributed by atoms with E-state index >= 15 is 0 Å². The molecular weight excluding hydrogens is 913 g/mol. The Hall–Kier alpha value is -4.36. The number of furan rings is 1. The molecule has 55 heavy (non-hydrogen) atoms. The fourth-order valence-electron chi connectivity index (χ4n) is 7.12. The number of nitrogens with zero attached hydrogens (tertiary/aromatic N) is 4. The van der Waals surface area contributed by atoms with Crippen LogP contribution in [0.5, 0.6) is 0 Å². The first-order valence-corrected chi connectivity index (χ1v) is 26.3. The summed E-state index contributed by atoms with van der Waals surface area (Å²) in [5, 5.41) is 2.11.